The van der Waals surface area contributed by atoms with Gasteiger partial charge in [-0.3, -0.25) is 0 Å². The normalized spacial score (nSPS) is 9.68. The third-order valence-corrected chi connectivity index (χ3v) is 1.68. The fourth-order valence-electron chi connectivity index (χ4n) is 0.977. The Balaban J connectivity index is 0.000000200. The number of aromatic nitrogens is 4. The standard InChI is InChI=1S/C6H8N2O3.C4H6N2O2/c1-3-10-6(9)5-7-4(2)8-11-5;1-3-5-4(2-7)8-6-3/h3H2,1-2H3;7H,2H2,1H3. The van der Waals surface area contributed by atoms with Gasteiger partial charge in [0.25, 0.3) is 5.89 Å². The minimum atomic E-state index is -0.576. The van der Waals surface area contributed by atoms with Gasteiger partial charge in [-0.25, -0.2) is 4.79 Å². The van der Waals surface area contributed by atoms with E-state index in [1.165, 1.54) is 0 Å². The summed E-state index contributed by atoms with van der Waals surface area (Å²) >= 11 is 0. The first-order valence-corrected chi connectivity index (χ1v) is 5.44. The smallest absolute Gasteiger partial charge is 0.397 e. The molecule has 0 spiro atoms. The molecule has 2 aromatic heterocycles. The van der Waals surface area contributed by atoms with Gasteiger partial charge >= 0.3 is 11.9 Å². The lowest BCUT2D eigenvalue weighted by molar-refractivity contribution is 0.0470. The van der Waals surface area contributed by atoms with Gasteiger partial charge in [-0.1, -0.05) is 10.3 Å². The van der Waals surface area contributed by atoms with Crippen molar-refractivity contribution in [3.05, 3.63) is 23.4 Å². The monoisotopic (exact) mass is 270 g/mol. The maximum Gasteiger partial charge on any atom is 0.397 e. The zero-order valence-corrected chi connectivity index (χ0v) is 10.8. The lowest BCUT2D eigenvalue weighted by Gasteiger charge is -1.92. The summed E-state index contributed by atoms with van der Waals surface area (Å²) in [6.07, 6.45) is 0. The molecule has 0 aliphatic carbocycles. The fourth-order valence-corrected chi connectivity index (χ4v) is 0.977. The molecule has 2 aromatic rings. The predicted octanol–water partition coefficient (Wildman–Crippen LogP) is 0.425. The maximum atomic E-state index is 10.8. The molecule has 0 amide bonds. The summed E-state index contributed by atoms with van der Waals surface area (Å²) in [7, 11) is 0. The number of aliphatic hydroxyl groups is 1. The summed E-state index contributed by atoms with van der Waals surface area (Å²) in [6, 6.07) is 0. The number of hydrogen-bond donors (Lipinski definition) is 1. The molecule has 2 rings (SSSR count). The molecule has 0 fully saturated rings. The third kappa shape index (κ3) is 4.84. The van der Waals surface area contributed by atoms with Crippen LogP contribution in [0, 0.1) is 13.8 Å². The van der Waals surface area contributed by atoms with Gasteiger partial charge in [0.2, 0.25) is 0 Å². The highest BCUT2D eigenvalue weighted by Gasteiger charge is 2.13. The summed E-state index contributed by atoms with van der Waals surface area (Å²) in [5.41, 5.74) is 0. The highest BCUT2D eigenvalue weighted by molar-refractivity contribution is 5.83. The number of carbonyl (C=O) groups excluding carboxylic acids is 1. The first-order valence-electron chi connectivity index (χ1n) is 5.44. The van der Waals surface area contributed by atoms with Crippen LogP contribution < -0.4 is 0 Å². The van der Waals surface area contributed by atoms with E-state index < -0.39 is 5.97 Å². The second-order valence-corrected chi connectivity index (χ2v) is 3.26. The molecule has 19 heavy (non-hydrogen) atoms. The SMILES string of the molecule is CCOC(=O)c1nc(C)no1.Cc1noc(CO)n1. The average molecular weight is 270 g/mol. The number of nitrogens with zero attached hydrogens (tertiary/aromatic N) is 4. The largest absolute Gasteiger partial charge is 0.459 e. The quantitative estimate of drug-likeness (QED) is 0.790. The van der Waals surface area contributed by atoms with Crippen LogP contribution in [0.15, 0.2) is 9.05 Å². The van der Waals surface area contributed by atoms with Gasteiger partial charge in [0.1, 0.15) is 6.61 Å². The molecule has 0 bridgehead atoms. The summed E-state index contributed by atoms with van der Waals surface area (Å²) in [5, 5.41) is 15.2. The molecular weight excluding hydrogens is 256 g/mol. The molecule has 0 radical (unpaired) electrons. The van der Waals surface area contributed by atoms with Crippen molar-refractivity contribution in [1.82, 2.24) is 20.3 Å². The Morgan fingerprint density at radius 3 is 2.21 bits per heavy atom. The number of carbonyl (C=O) groups is 1. The van der Waals surface area contributed by atoms with Gasteiger partial charge in [0.15, 0.2) is 11.6 Å². The van der Waals surface area contributed by atoms with Crippen LogP contribution in [0.1, 0.15) is 35.1 Å². The minimum absolute atomic E-state index is 0.0932. The molecule has 1 N–H and O–H groups in total. The molecule has 9 heteroatoms. The Hall–Kier alpha value is -2.29. The topological polar surface area (TPSA) is 124 Å². The molecule has 104 valence electrons. The zero-order valence-electron chi connectivity index (χ0n) is 10.8. The molecule has 0 saturated carbocycles. The van der Waals surface area contributed by atoms with Crippen LogP contribution in [0.25, 0.3) is 0 Å². The number of hydrogen-bond acceptors (Lipinski definition) is 9. The van der Waals surface area contributed by atoms with Crippen molar-refractivity contribution in [3.63, 3.8) is 0 Å². The molecule has 0 saturated heterocycles. The average Bonchev–Trinajstić information content (AvgIpc) is 2.99. The van der Waals surface area contributed by atoms with Crippen LogP contribution in [-0.2, 0) is 11.3 Å². The van der Waals surface area contributed by atoms with Crippen molar-refractivity contribution in [2.45, 2.75) is 27.4 Å². The predicted molar refractivity (Wildman–Crippen MR) is 59.9 cm³/mol. The van der Waals surface area contributed by atoms with Crippen LogP contribution in [0.5, 0.6) is 0 Å². The lowest BCUT2D eigenvalue weighted by Crippen LogP contribution is -2.04. The van der Waals surface area contributed by atoms with Crippen LogP contribution in [0.3, 0.4) is 0 Å². The number of rotatable bonds is 3. The van der Waals surface area contributed by atoms with E-state index >= 15 is 0 Å². The third-order valence-electron chi connectivity index (χ3n) is 1.68. The first-order chi connectivity index (χ1) is 9.06. The van der Waals surface area contributed by atoms with E-state index in [1.54, 1.807) is 20.8 Å². The molecule has 0 atom stereocenters. The second kappa shape index (κ2) is 7.21. The summed E-state index contributed by atoms with van der Waals surface area (Å²) in [5.74, 6) is 0.571. The number of aliphatic hydroxyl groups excluding tert-OH is 1. The molecular formula is C10H14N4O5. The van der Waals surface area contributed by atoms with Gasteiger partial charge in [-0.05, 0) is 20.8 Å². The fraction of sp³-hybridized carbons (Fsp3) is 0.500. The summed E-state index contributed by atoms with van der Waals surface area (Å²) in [4.78, 5) is 18.2. The van der Waals surface area contributed by atoms with Gasteiger partial charge in [0.05, 0.1) is 6.61 Å². The first kappa shape index (κ1) is 14.8. The molecule has 9 nitrogen and oxygen atoms in total. The van der Waals surface area contributed by atoms with Crippen molar-refractivity contribution in [3.8, 4) is 0 Å². The Kier molecular flexibility index (Phi) is 5.61. The van der Waals surface area contributed by atoms with E-state index in [9.17, 15) is 4.79 Å². The van der Waals surface area contributed by atoms with E-state index in [2.05, 4.69) is 34.1 Å². The van der Waals surface area contributed by atoms with E-state index in [1.807, 2.05) is 0 Å². The van der Waals surface area contributed by atoms with E-state index in [4.69, 9.17) is 5.11 Å². The molecule has 2 heterocycles. The molecule has 0 unspecified atom stereocenters. The summed E-state index contributed by atoms with van der Waals surface area (Å²) in [6.45, 7) is 5.16. The Morgan fingerprint density at radius 2 is 1.84 bits per heavy atom. The Labute approximate surface area is 108 Å². The van der Waals surface area contributed by atoms with Gasteiger partial charge in [0, 0.05) is 0 Å². The van der Waals surface area contributed by atoms with Crippen molar-refractivity contribution in [1.29, 1.82) is 0 Å². The molecule has 0 aliphatic rings. The Bertz CT molecular complexity index is 521. The van der Waals surface area contributed by atoms with Crippen LogP contribution in [0.2, 0.25) is 0 Å². The summed E-state index contributed by atoms with van der Waals surface area (Å²) < 4.78 is 13.7. The zero-order chi connectivity index (χ0) is 14.3. The van der Waals surface area contributed by atoms with Crippen molar-refractivity contribution in [2.75, 3.05) is 6.61 Å². The Morgan fingerprint density at radius 1 is 1.21 bits per heavy atom. The van der Waals surface area contributed by atoms with E-state index in [0.29, 0.717) is 18.3 Å². The van der Waals surface area contributed by atoms with Crippen molar-refractivity contribution in [2.24, 2.45) is 0 Å². The number of aryl methyl sites for hydroxylation is 2. The van der Waals surface area contributed by atoms with Gasteiger partial charge in [-0.2, -0.15) is 9.97 Å². The number of ether oxygens (including phenoxy) is 1. The van der Waals surface area contributed by atoms with Gasteiger partial charge in [-0.15, -0.1) is 0 Å². The van der Waals surface area contributed by atoms with Gasteiger partial charge < -0.3 is 18.9 Å². The lowest BCUT2D eigenvalue weighted by atomic mass is 10.6. The maximum absolute atomic E-state index is 10.8. The number of esters is 1. The van der Waals surface area contributed by atoms with Crippen molar-refractivity contribution >= 4 is 5.97 Å². The van der Waals surface area contributed by atoms with Crippen LogP contribution in [0.4, 0.5) is 0 Å². The second-order valence-electron chi connectivity index (χ2n) is 3.26. The van der Waals surface area contributed by atoms with Crippen molar-refractivity contribution < 1.29 is 23.7 Å². The minimum Gasteiger partial charge on any atom is -0.459 e. The van der Waals surface area contributed by atoms with Crippen LogP contribution >= 0.6 is 0 Å². The van der Waals surface area contributed by atoms with Crippen LogP contribution in [-0.4, -0.2) is 38.0 Å². The molecule has 0 aliphatic heterocycles. The molecule has 0 aromatic carbocycles. The van der Waals surface area contributed by atoms with E-state index in [0.717, 1.165) is 0 Å². The highest BCUT2D eigenvalue weighted by atomic mass is 16.6. The van der Waals surface area contributed by atoms with E-state index in [-0.39, 0.29) is 18.4 Å². The highest BCUT2D eigenvalue weighted by Crippen LogP contribution is 1.97.